The largest absolute Gasteiger partial charge is 0.350 e. The van der Waals surface area contributed by atoms with Crippen molar-refractivity contribution in [3.63, 3.8) is 0 Å². The number of carbonyl (C=O) groups is 4. The monoisotopic (exact) mass is 446 g/mol. The van der Waals surface area contributed by atoms with Gasteiger partial charge in [0.15, 0.2) is 0 Å². The molecular weight excluding hydrogens is 423 g/mol. The van der Waals surface area contributed by atoms with Crippen molar-refractivity contribution in [1.29, 1.82) is 0 Å². The Morgan fingerprint density at radius 1 is 0.758 bits per heavy atom. The topological polar surface area (TPSA) is 83.6 Å². The highest BCUT2D eigenvalue weighted by Gasteiger charge is 2.20. The first kappa shape index (κ1) is 23.5. The number of hydrogen-bond acceptors (Lipinski definition) is 4. The summed E-state index contributed by atoms with van der Waals surface area (Å²) in [4.78, 5) is 51.2. The molecule has 0 heterocycles. The lowest BCUT2D eigenvalue weighted by atomic mass is 10.0. The van der Waals surface area contributed by atoms with Crippen molar-refractivity contribution in [2.45, 2.75) is 13.5 Å². The standard InChI is InChI=1S/C26H23FN2O4/c1-2-29(17-23(30)28-16-18-8-14-22(27)15-9-18)26(33)21-12-10-20(11-13-21)25(32)24(31)19-6-4-3-5-7-19/h3-15H,2,16-17H2,1H3,(H,28,30). The van der Waals surface area contributed by atoms with E-state index in [1.54, 1.807) is 49.4 Å². The summed E-state index contributed by atoms with van der Waals surface area (Å²) in [5.41, 5.74) is 1.52. The van der Waals surface area contributed by atoms with Crippen LogP contribution in [0.25, 0.3) is 0 Å². The van der Waals surface area contributed by atoms with Crippen LogP contribution in [0, 0.1) is 5.82 Å². The maximum absolute atomic E-state index is 13.0. The van der Waals surface area contributed by atoms with E-state index in [4.69, 9.17) is 0 Å². The minimum atomic E-state index is -0.660. The molecule has 0 saturated heterocycles. The molecule has 0 fully saturated rings. The fraction of sp³-hybridized carbons (Fsp3) is 0.154. The molecule has 33 heavy (non-hydrogen) atoms. The highest BCUT2D eigenvalue weighted by atomic mass is 19.1. The molecule has 6 nitrogen and oxygen atoms in total. The third kappa shape index (κ3) is 6.20. The van der Waals surface area contributed by atoms with Crippen molar-refractivity contribution < 1.29 is 23.6 Å². The number of rotatable bonds is 9. The number of nitrogens with zero attached hydrogens (tertiary/aromatic N) is 1. The van der Waals surface area contributed by atoms with Gasteiger partial charge >= 0.3 is 0 Å². The normalized spacial score (nSPS) is 10.4. The highest BCUT2D eigenvalue weighted by Crippen LogP contribution is 2.12. The maximum Gasteiger partial charge on any atom is 0.254 e. The Kier molecular flexibility index (Phi) is 7.81. The second kappa shape index (κ2) is 10.9. The number of halogens is 1. The number of amides is 2. The van der Waals surface area contributed by atoms with E-state index in [0.29, 0.717) is 17.7 Å². The number of carbonyl (C=O) groups excluding carboxylic acids is 4. The summed E-state index contributed by atoms with van der Waals surface area (Å²) >= 11 is 0. The van der Waals surface area contributed by atoms with Gasteiger partial charge in [0.1, 0.15) is 5.82 Å². The predicted octanol–water partition coefficient (Wildman–Crippen LogP) is 3.67. The molecule has 0 aromatic heterocycles. The summed E-state index contributed by atoms with van der Waals surface area (Å²) in [7, 11) is 0. The predicted molar refractivity (Wildman–Crippen MR) is 121 cm³/mol. The van der Waals surface area contributed by atoms with E-state index in [1.165, 1.54) is 41.3 Å². The van der Waals surface area contributed by atoms with Crippen LogP contribution in [0.15, 0.2) is 78.9 Å². The van der Waals surface area contributed by atoms with Crippen molar-refractivity contribution in [3.8, 4) is 0 Å². The van der Waals surface area contributed by atoms with Gasteiger partial charge in [-0.25, -0.2) is 4.39 Å². The van der Waals surface area contributed by atoms with E-state index in [9.17, 15) is 23.6 Å². The van der Waals surface area contributed by atoms with E-state index >= 15 is 0 Å². The van der Waals surface area contributed by atoms with Crippen LogP contribution in [0.1, 0.15) is 43.6 Å². The van der Waals surface area contributed by atoms with E-state index < -0.39 is 11.6 Å². The van der Waals surface area contributed by atoms with Gasteiger partial charge in [0.25, 0.3) is 5.91 Å². The van der Waals surface area contributed by atoms with Gasteiger partial charge in [0.2, 0.25) is 17.5 Å². The molecule has 1 N–H and O–H groups in total. The second-order valence-electron chi connectivity index (χ2n) is 7.32. The quantitative estimate of drug-likeness (QED) is 0.402. The van der Waals surface area contributed by atoms with Crippen LogP contribution in [0.2, 0.25) is 0 Å². The van der Waals surface area contributed by atoms with Gasteiger partial charge in [-0.2, -0.15) is 0 Å². The molecule has 3 aromatic carbocycles. The Hall–Kier alpha value is -4.13. The lowest BCUT2D eigenvalue weighted by Gasteiger charge is -2.20. The van der Waals surface area contributed by atoms with Crippen LogP contribution in [-0.4, -0.2) is 41.4 Å². The Bertz CT molecular complexity index is 1140. The number of nitrogens with one attached hydrogen (secondary N) is 1. The molecule has 0 aliphatic heterocycles. The Morgan fingerprint density at radius 2 is 1.30 bits per heavy atom. The molecule has 2 amide bonds. The zero-order valence-electron chi connectivity index (χ0n) is 18.1. The molecule has 0 radical (unpaired) electrons. The minimum Gasteiger partial charge on any atom is -0.350 e. The molecule has 0 saturated carbocycles. The molecule has 0 aliphatic carbocycles. The van der Waals surface area contributed by atoms with Gasteiger partial charge in [-0.3, -0.25) is 19.2 Å². The number of likely N-dealkylation sites (N-methyl/N-ethyl adjacent to an activating group) is 1. The van der Waals surface area contributed by atoms with Crippen molar-refractivity contribution in [3.05, 3.63) is 107 Å². The summed E-state index contributed by atoms with van der Waals surface area (Å²) in [6.45, 7) is 2.12. The van der Waals surface area contributed by atoms with Crippen molar-refractivity contribution in [1.82, 2.24) is 10.2 Å². The smallest absolute Gasteiger partial charge is 0.254 e. The van der Waals surface area contributed by atoms with Gasteiger partial charge < -0.3 is 10.2 Å². The molecule has 3 aromatic rings. The lowest BCUT2D eigenvalue weighted by molar-refractivity contribution is -0.121. The van der Waals surface area contributed by atoms with E-state index in [0.717, 1.165) is 5.56 Å². The molecule has 7 heteroatoms. The van der Waals surface area contributed by atoms with Gasteiger partial charge in [0.05, 0.1) is 6.54 Å². The third-order valence-electron chi connectivity index (χ3n) is 5.04. The van der Waals surface area contributed by atoms with E-state index in [-0.39, 0.29) is 36.3 Å². The zero-order valence-corrected chi connectivity index (χ0v) is 18.1. The van der Waals surface area contributed by atoms with E-state index in [1.807, 2.05) is 0 Å². The van der Waals surface area contributed by atoms with Gasteiger partial charge in [-0.15, -0.1) is 0 Å². The highest BCUT2D eigenvalue weighted by molar-refractivity contribution is 6.49. The molecular formula is C26H23FN2O4. The van der Waals surface area contributed by atoms with E-state index in [2.05, 4.69) is 5.32 Å². The molecule has 0 spiro atoms. The van der Waals surface area contributed by atoms with Gasteiger partial charge in [0, 0.05) is 29.8 Å². The van der Waals surface area contributed by atoms with Crippen LogP contribution in [0.3, 0.4) is 0 Å². The number of ketones is 2. The summed E-state index contributed by atoms with van der Waals surface area (Å²) in [6.07, 6.45) is 0. The first-order chi connectivity index (χ1) is 15.9. The average Bonchev–Trinajstić information content (AvgIpc) is 2.86. The van der Waals surface area contributed by atoms with Crippen LogP contribution in [-0.2, 0) is 11.3 Å². The molecule has 0 bridgehead atoms. The minimum absolute atomic E-state index is 0.149. The van der Waals surface area contributed by atoms with Crippen molar-refractivity contribution >= 4 is 23.4 Å². The average molecular weight is 446 g/mol. The van der Waals surface area contributed by atoms with Crippen molar-refractivity contribution in [2.24, 2.45) is 0 Å². The first-order valence-electron chi connectivity index (χ1n) is 10.4. The molecule has 0 atom stereocenters. The van der Waals surface area contributed by atoms with Crippen LogP contribution in [0.5, 0.6) is 0 Å². The number of Topliss-reactive ketones (excluding diaryl/α,β-unsaturated/α-hetero) is 2. The Labute approximate surface area is 191 Å². The Balaban J connectivity index is 1.60. The van der Waals surface area contributed by atoms with Crippen LogP contribution >= 0.6 is 0 Å². The second-order valence-corrected chi connectivity index (χ2v) is 7.32. The summed E-state index contributed by atoms with van der Waals surface area (Å²) < 4.78 is 13.0. The molecule has 168 valence electrons. The Morgan fingerprint density at radius 3 is 1.88 bits per heavy atom. The fourth-order valence-electron chi connectivity index (χ4n) is 3.16. The lowest BCUT2D eigenvalue weighted by Crippen LogP contribution is -2.40. The SMILES string of the molecule is CCN(CC(=O)NCc1ccc(F)cc1)C(=O)c1ccc(C(=O)C(=O)c2ccccc2)cc1. The summed E-state index contributed by atoms with van der Waals surface area (Å²) in [5, 5.41) is 2.70. The van der Waals surface area contributed by atoms with Crippen LogP contribution < -0.4 is 5.32 Å². The van der Waals surface area contributed by atoms with Crippen LogP contribution in [0.4, 0.5) is 4.39 Å². The fourth-order valence-corrected chi connectivity index (χ4v) is 3.16. The molecule has 3 rings (SSSR count). The van der Waals surface area contributed by atoms with Crippen molar-refractivity contribution in [2.75, 3.05) is 13.1 Å². The first-order valence-corrected chi connectivity index (χ1v) is 10.4. The molecule has 0 aliphatic rings. The number of hydrogen-bond donors (Lipinski definition) is 1. The van der Waals surface area contributed by atoms with Gasteiger partial charge in [-0.05, 0) is 36.8 Å². The third-order valence-corrected chi connectivity index (χ3v) is 5.04. The molecule has 0 unspecified atom stereocenters. The zero-order chi connectivity index (χ0) is 23.8. The maximum atomic E-state index is 13.0. The summed E-state index contributed by atoms with van der Waals surface area (Å²) in [6, 6.07) is 19.8. The number of benzene rings is 3. The van der Waals surface area contributed by atoms with Gasteiger partial charge in [-0.1, -0.05) is 54.6 Å². The summed E-state index contributed by atoms with van der Waals surface area (Å²) in [5.74, 6) is -2.36.